The standard InChI is InChI=1S/C43H69N5O7Si2/c1-42(2,3)56(7,8)54-30-34(45-38(49)37-26-33-23-24-35(27-36(33)46-37)55-57(9,10)43(4,5)6)22-17-25-48(41(51)53-29-32-20-15-12-16-21-32)39(44)47-40(50)52-28-31-18-13-11-14-19-31/h11-16,18-21,33-37,46H,17,22-30H2,1-10H3,(H,45,49)(H2,44,47,50)/t33-,34-,35+,36-,37-/m0/s1. The summed E-state index contributed by atoms with van der Waals surface area (Å²) in [5, 5.41) is 7.09. The average molecular weight is 824 g/mol. The second-order valence-corrected chi connectivity index (χ2v) is 28.3. The van der Waals surface area contributed by atoms with Crippen molar-refractivity contribution in [1.82, 2.24) is 15.5 Å². The molecule has 12 nitrogen and oxygen atoms in total. The highest BCUT2D eigenvalue weighted by molar-refractivity contribution is 6.74. The van der Waals surface area contributed by atoms with Crippen LogP contribution in [0.4, 0.5) is 9.59 Å². The monoisotopic (exact) mass is 823 g/mol. The van der Waals surface area contributed by atoms with E-state index < -0.39 is 28.8 Å². The van der Waals surface area contributed by atoms with Crippen molar-refractivity contribution in [3.05, 3.63) is 71.8 Å². The van der Waals surface area contributed by atoms with Crippen molar-refractivity contribution in [2.45, 2.75) is 154 Å². The summed E-state index contributed by atoms with van der Waals surface area (Å²) in [4.78, 5) is 45.2. The molecule has 57 heavy (non-hydrogen) atoms. The third-order valence-electron chi connectivity index (χ3n) is 12.3. The van der Waals surface area contributed by atoms with Crippen molar-refractivity contribution < 1.29 is 32.7 Å². The third-order valence-corrected chi connectivity index (χ3v) is 21.4. The van der Waals surface area contributed by atoms with E-state index in [1.54, 1.807) is 0 Å². The quantitative estimate of drug-likeness (QED) is 0.0912. The number of guanidine groups is 1. The van der Waals surface area contributed by atoms with Crippen molar-refractivity contribution in [1.29, 1.82) is 0 Å². The summed E-state index contributed by atoms with van der Waals surface area (Å²) in [6.45, 7) is 22.8. The van der Waals surface area contributed by atoms with Crippen LogP contribution >= 0.6 is 0 Å². The van der Waals surface area contributed by atoms with Crippen LogP contribution in [0.3, 0.4) is 0 Å². The highest BCUT2D eigenvalue weighted by atomic mass is 28.4. The number of rotatable bonds is 15. The number of amides is 3. The van der Waals surface area contributed by atoms with Crippen molar-refractivity contribution in [3.63, 3.8) is 0 Å². The van der Waals surface area contributed by atoms with E-state index in [0.29, 0.717) is 25.4 Å². The molecular weight excluding hydrogens is 755 g/mol. The van der Waals surface area contributed by atoms with Crippen molar-refractivity contribution in [3.8, 4) is 0 Å². The zero-order chi connectivity index (χ0) is 42.0. The molecule has 2 aromatic rings. The topological polar surface area (TPSA) is 154 Å². The first-order chi connectivity index (χ1) is 26.6. The third kappa shape index (κ3) is 13.8. The van der Waals surface area contributed by atoms with Gasteiger partial charge in [-0.15, -0.1) is 4.99 Å². The van der Waals surface area contributed by atoms with Crippen LogP contribution in [-0.4, -0.2) is 83.0 Å². The molecule has 14 heteroatoms. The Balaban J connectivity index is 1.43. The summed E-state index contributed by atoms with van der Waals surface area (Å²) >= 11 is 0. The smallest absolute Gasteiger partial charge is 0.437 e. The minimum Gasteiger partial charge on any atom is -0.444 e. The van der Waals surface area contributed by atoms with Crippen LogP contribution in [0.25, 0.3) is 0 Å². The van der Waals surface area contributed by atoms with Gasteiger partial charge in [-0.2, -0.15) is 0 Å². The number of nitrogens with zero attached hydrogens (tertiary/aromatic N) is 2. The first-order valence-electron chi connectivity index (χ1n) is 20.6. The van der Waals surface area contributed by atoms with Crippen LogP contribution in [0, 0.1) is 5.92 Å². The zero-order valence-electron chi connectivity index (χ0n) is 36.1. The Morgan fingerprint density at radius 3 is 2.02 bits per heavy atom. The molecule has 4 N–H and O–H groups in total. The number of carbonyl (C=O) groups excluding carboxylic acids is 3. The number of aliphatic imine (C=N–C) groups is 1. The summed E-state index contributed by atoms with van der Waals surface area (Å²) in [5.74, 6) is 0.0494. The Bertz CT molecular complexity index is 1650. The van der Waals surface area contributed by atoms with Crippen LogP contribution in [0.5, 0.6) is 0 Å². The summed E-state index contributed by atoms with van der Waals surface area (Å²) in [6, 6.07) is 18.1. The fourth-order valence-electron chi connectivity index (χ4n) is 6.72. The van der Waals surface area contributed by atoms with E-state index >= 15 is 0 Å². The van der Waals surface area contributed by atoms with Gasteiger partial charge in [-0.3, -0.25) is 4.79 Å². The maximum absolute atomic E-state index is 14.0. The van der Waals surface area contributed by atoms with E-state index in [1.807, 2.05) is 60.7 Å². The van der Waals surface area contributed by atoms with Gasteiger partial charge in [-0.25, -0.2) is 14.5 Å². The normalized spacial score (nSPS) is 21.0. The molecule has 2 fully saturated rings. The first kappa shape index (κ1) is 46.1. The molecule has 1 heterocycles. The van der Waals surface area contributed by atoms with Crippen LogP contribution in [0.1, 0.15) is 91.2 Å². The van der Waals surface area contributed by atoms with Crippen LogP contribution in [-0.2, 0) is 36.3 Å². The summed E-state index contributed by atoms with van der Waals surface area (Å²) in [5.41, 5.74) is 7.88. The van der Waals surface area contributed by atoms with E-state index in [-0.39, 0.29) is 65.9 Å². The van der Waals surface area contributed by atoms with Gasteiger partial charge >= 0.3 is 12.2 Å². The molecule has 1 aliphatic heterocycles. The zero-order valence-corrected chi connectivity index (χ0v) is 38.1. The molecule has 1 saturated heterocycles. The van der Waals surface area contributed by atoms with Crippen LogP contribution < -0.4 is 16.4 Å². The molecule has 0 aromatic heterocycles. The molecular formula is C43H69N5O7Si2. The van der Waals surface area contributed by atoms with Crippen LogP contribution in [0.15, 0.2) is 65.7 Å². The average Bonchev–Trinajstić information content (AvgIpc) is 3.57. The Morgan fingerprint density at radius 2 is 1.44 bits per heavy atom. The van der Waals surface area contributed by atoms with E-state index in [4.69, 9.17) is 24.1 Å². The van der Waals surface area contributed by atoms with E-state index in [9.17, 15) is 14.4 Å². The van der Waals surface area contributed by atoms with Crippen molar-refractivity contribution in [2.24, 2.45) is 16.6 Å². The molecule has 1 saturated carbocycles. The number of carbonyl (C=O) groups is 3. The Labute approximate surface area is 343 Å². The molecule has 316 valence electrons. The number of hydrogen-bond donors (Lipinski definition) is 3. The minimum atomic E-state index is -2.16. The first-order valence-corrected chi connectivity index (χ1v) is 26.4. The lowest BCUT2D eigenvalue weighted by atomic mass is 9.83. The largest absolute Gasteiger partial charge is 0.444 e. The number of nitrogens with one attached hydrogen (secondary N) is 2. The number of benzene rings is 2. The van der Waals surface area contributed by atoms with E-state index in [0.717, 1.165) is 41.7 Å². The van der Waals surface area contributed by atoms with Gasteiger partial charge in [0.15, 0.2) is 16.6 Å². The summed E-state index contributed by atoms with van der Waals surface area (Å²) in [7, 11) is -4.06. The van der Waals surface area contributed by atoms with Crippen molar-refractivity contribution >= 4 is 40.7 Å². The lowest BCUT2D eigenvalue weighted by Gasteiger charge is -2.42. The summed E-state index contributed by atoms with van der Waals surface area (Å²) in [6.07, 6.45) is 3.19. The van der Waals surface area contributed by atoms with Gasteiger partial charge in [0.05, 0.1) is 18.7 Å². The Kier molecular flexibility index (Phi) is 16.1. The van der Waals surface area contributed by atoms with Gasteiger partial charge < -0.3 is 34.7 Å². The van der Waals surface area contributed by atoms with Gasteiger partial charge in [0.2, 0.25) is 11.9 Å². The molecule has 3 amide bonds. The fourth-order valence-corrected chi connectivity index (χ4v) is 9.17. The van der Waals surface area contributed by atoms with Gasteiger partial charge in [-0.1, -0.05) is 102 Å². The minimum absolute atomic E-state index is 0.00709. The number of nitrogens with two attached hydrogens (primary N) is 1. The van der Waals surface area contributed by atoms with Gasteiger partial charge in [0.1, 0.15) is 13.2 Å². The van der Waals surface area contributed by atoms with Gasteiger partial charge in [-0.05, 0) is 91.8 Å². The van der Waals surface area contributed by atoms with Gasteiger partial charge in [0, 0.05) is 18.7 Å². The van der Waals surface area contributed by atoms with Crippen LogP contribution in [0.2, 0.25) is 36.3 Å². The second kappa shape index (κ2) is 19.9. The summed E-state index contributed by atoms with van der Waals surface area (Å²) < 4.78 is 24.3. The molecule has 0 radical (unpaired) electrons. The van der Waals surface area contributed by atoms with E-state index in [2.05, 4.69) is 83.4 Å². The SMILES string of the molecule is CC(C)(C)[Si](C)(C)OC[C@H](CCCN(C(=O)OCc1ccccc1)/C(N)=N/C(=O)OCc1ccccc1)NC(=O)[C@@H]1C[C@@H]2CC[C@@H](O[Si](C)(C)C(C)(C)C)C[C@@H]2N1. The lowest BCUT2D eigenvalue weighted by molar-refractivity contribution is -0.124. The highest BCUT2D eigenvalue weighted by Crippen LogP contribution is 2.41. The number of ether oxygens (including phenoxy) is 2. The molecule has 0 spiro atoms. The molecule has 2 aromatic carbocycles. The molecule has 2 aliphatic rings. The maximum atomic E-state index is 14.0. The Hall–Kier alpha value is -3.57. The number of hydrogen-bond acceptors (Lipinski definition) is 8. The second-order valence-electron chi connectivity index (χ2n) is 18.8. The predicted octanol–water partition coefficient (Wildman–Crippen LogP) is 8.48. The predicted molar refractivity (Wildman–Crippen MR) is 231 cm³/mol. The molecule has 1 aliphatic carbocycles. The van der Waals surface area contributed by atoms with Gasteiger partial charge in [0.25, 0.3) is 0 Å². The van der Waals surface area contributed by atoms with E-state index in [1.165, 1.54) is 0 Å². The fraction of sp³-hybridized carbons (Fsp3) is 0.628. The molecule has 0 unspecified atom stereocenters. The molecule has 5 atom stereocenters. The molecule has 0 bridgehead atoms. The highest BCUT2D eigenvalue weighted by Gasteiger charge is 2.45. The lowest BCUT2D eigenvalue weighted by Crippen LogP contribution is -2.51. The molecule has 4 rings (SSSR count). The van der Waals surface area contributed by atoms with Crippen molar-refractivity contribution in [2.75, 3.05) is 13.2 Å². The number of fused-ring (bicyclic) bond motifs is 1. The maximum Gasteiger partial charge on any atom is 0.437 e. The Morgan fingerprint density at radius 1 is 0.860 bits per heavy atom.